The van der Waals surface area contributed by atoms with E-state index in [-0.39, 0.29) is 6.61 Å². The van der Waals surface area contributed by atoms with E-state index >= 15 is 0 Å². The molecule has 8 nitrogen and oxygen atoms in total. The van der Waals surface area contributed by atoms with Crippen LogP contribution in [0.2, 0.25) is 0 Å². The molecule has 0 aliphatic carbocycles. The van der Waals surface area contributed by atoms with Crippen molar-refractivity contribution >= 4 is 5.91 Å². The van der Waals surface area contributed by atoms with E-state index in [1.807, 2.05) is 36.4 Å². The summed E-state index contributed by atoms with van der Waals surface area (Å²) in [5.74, 6) is 0.525. The molecule has 1 unspecified atom stereocenters. The molecule has 0 saturated heterocycles. The number of aromatic nitrogens is 2. The first-order valence-electron chi connectivity index (χ1n) is 9.55. The van der Waals surface area contributed by atoms with Gasteiger partial charge in [-0.15, -0.1) is 10.2 Å². The Balaban J connectivity index is 1.31. The average molecular weight is 408 g/mol. The Morgan fingerprint density at radius 2 is 1.77 bits per heavy atom. The number of aliphatic hydroxyl groups is 1. The number of hydrogen-bond acceptors (Lipinski definition) is 7. The molecule has 1 heterocycles. The summed E-state index contributed by atoms with van der Waals surface area (Å²) in [6.07, 6.45) is -0.699. The second kappa shape index (κ2) is 10.9. The molecule has 0 aliphatic rings. The first kappa shape index (κ1) is 21.2. The van der Waals surface area contributed by atoms with Crippen molar-refractivity contribution in [1.82, 2.24) is 15.5 Å². The van der Waals surface area contributed by atoms with Crippen molar-refractivity contribution in [3.63, 3.8) is 0 Å². The standard InChI is InChI=1S/C22H24N4O4/c23-22(28)17-6-8-19(9-7-17)29-13-12-24-14-18(27)15-30-21-11-10-20(25-26-21)16-4-2-1-3-5-16/h1-11,18,24,27H,12-15H2,(H2,23,28). The van der Waals surface area contributed by atoms with Gasteiger partial charge in [-0.05, 0) is 30.3 Å². The zero-order chi connectivity index (χ0) is 21.2. The number of primary amides is 1. The molecule has 3 aromatic rings. The van der Waals surface area contributed by atoms with Gasteiger partial charge in [0.25, 0.3) is 0 Å². The van der Waals surface area contributed by atoms with E-state index in [4.69, 9.17) is 15.2 Å². The number of ether oxygens (including phenoxy) is 2. The van der Waals surface area contributed by atoms with E-state index in [1.54, 1.807) is 30.3 Å². The summed E-state index contributed by atoms with van der Waals surface area (Å²) >= 11 is 0. The quantitative estimate of drug-likeness (QED) is 0.413. The number of carbonyl (C=O) groups excluding carboxylic acids is 1. The fourth-order valence-corrected chi connectivity index (χ4v) is 2.63. The van der Waals surface area contributed by atoms with Gasteiger partial charge in [-0.2, -0.15) is 0 Å². The van der Waals surface area contributed by atoms with E-state index in [9.17, 15) is 9.90 Å². The third-order valence-electron chi connectivity index (χ3n) is 4.20. The molecular formula is C22H24N4O4. The van der Waals surface area contributed by atoms with Crippen molar-refractivity contribution in [3.8, 4) is 22.9 Å². The van der Waals surface area contributed by atoms with Crippen LogP contribution in [0.4, 0.5) is 0 Å². The molecule has 0 fully saturated rings. The number of rotatable bonds is 11. The van der Waals surface area contributed by atoms with Crippen LogP contribution in [0, 0.1) is 0 Å². The topological polar surface area (TPSA) is 120 Å². The zero-order valence-corrected chi connectivity index (χ0v) is 16.4. The molecule has 8 heteroatoms. The lowest BCUT2D eigenvalue weighted by molar-refractivity contribution is 0.1000. The average Bonchev–Trinajstić information content (AvgIpc) is 2.79. The SMILES string of the molecule is NC(=O)c1ccc(OCCNCC(O)COc2ccc(-c3ccccc3)nn2)cc1. The fourth-order valence-electron chi connectivity index (χ4n) is 2.63. The molecule has 3 rings (SSSR count). The summed E-state index contributed by atoms with van der Waals surface area (Å²) < 4.78 is 11.0. The van der Waals surface area contributed by atoms with Gasteiger partial charge in [0.05, 0.1) is 5.69 Å². The maximum Gasteiger partial charge on any atom is 0.248 e. The number of hydrogen-bond donors (Lipinski definition) is 3. The fraction of sp³-hybridized carbons (Fsp3) is 0.227. The Morgan fingerprint density at radius 1 is 1.00 bits per heavy atom. The minimum absolute atomic E-state index is 0.0990. The van der Waals surface area contributed by atoms with E-state index < -0.39 is 12.0 Å². The minimum atomic E-state index is -0.699. The summed E-state index contributed by atoms with van der Waals surface area (Å²) in [5.41, 5.74) is 7.36. The summed E-state index contributed by atoms with van der Waals surface area (Å²) in [4.78, 5) is 11.0. The molecule has 30 heavy (non-hydrogen) atoms. The lowest BCUT2D eigenvalue weighted by atomic mass is 10.1. The smallest absolute Gasteiger partial charge is 0.248 e. The monoisotopic (exact) mass is 408 g/mol. The highest BCUT2D eigenvalue weighted by atomic mass is 16.5. The van der Waals surface area contributed by atoms with Crippen LogP contribution in [0.25, 0.3) is 11.3 Å². The van der Waals surface area contributed by atoms with Gasteiger partial charge in [0.15, 0.2) is 0 Å². The minimum Gasteiger partial charge on any atom is -0.492 e. The van der Waals surface area contributed by atoms with Gasteiger partial charge in [-0.3, -0.25) is 4.79 Å². The van der Waals surface area contributed by atoms with Crippen LogP contribution in [0.1, 0.15) is 10.4 Å². The zero-order valence-electron chi connectivity index (χ0n) is 16.4. The molecule has 0 aliphatic heterocycles. The maximum absolute atomic E-state index is 11.0. The van der Waals surface area contributed by atoms with Crippen LogP contribution < -0.4 is 20.5 Å². The van der Waals surface area contributed by atoms with Crippen molar-refractivity contribution < 1.29 is 19.4 Å². The van der Waals surface area contributed by atoms with Crippen LogP contribution in [0.5, 0.6) is 11.6 Å². The number of carbonyl (C=O) groups is 1. The third-order valence-corrected chi connectivity index (χ3v) is 4.20. The molecule has 0 saturated carbocycles. The molecule has 156 valence electrons. The molecule has 1 amide bonds. The lowest BCUT2D eigenvalue weighted by Crippen LogP contribution is -2.33. The number of aliphatic hydroxyl groups excluding tert-OH is 1. The maximum atomic E-state index is 11.0. The highest BCUT2D eigenvalue weighted by Gasteiger charge is 2.07. The summed E-state index contributed by atoms with van der Waals surface area (Å²) in [5, 5.41) is 21.3. The normalized spacial score (nSPS) is 11.6. The molecule has 0 radical (unpaired) electrons. The molecule has 1 aromatic heterocycles. The molecular weight excluding hydrogens is 384 g/mol. The van der Waals surface area contributed by atoms with Crippen LogP contribution in [-0.2, 0) is 0 Å². The van der Waals surface area contributed by atoms with E-state index in [1.165, 1.54) is 0 Å². The van der Waals surface area contributed by atoms with Crippen LogP contribution in [-0.4, -0.2) is 53.6 Å². The van der Waals surface area contributed by atoms with Crippen molar-refractivity contribution in [2.45, 2.75) is 6.10 Å². The first-order chi connectivity index (χ1) is 14.6. The summed E-state index contributed by atoms with van der Waals surface area (Å²) in [7, 11) is 0. The second-order valence-electron chi connectivity index (χ2n) is 6.53. The number of benzene rings is 2. The highest BCUT2D eigenvalue weighted by Crippen LogP contribution is 2.17. The predicted octanol–water partition coefficient (Wildman–Crippen LogP) is 1.65. The first-order valence-corrected chi connectivity index (χ1v) is 9.55. The van der Waals surface area contributed by atoms with Gasteiger partial charge >= 0.3 is 0 Å². The van der Waals surface area contributed by atoms with Crippen LogP contribution in [0.3, 0.4) is 0 Å². The third kappa shape index (κ3) is 6.54. The van der Waals surface area contributed by atoms with E-state index in [0.29, 0.717) is 36.9 Å². The van der Waals surface area contributed by atoms with Gasteiger partial charge in [0.1, 0.15) is 25.1 Å². The van der Waals surface area contributed by atoms with E-state index in [2.05, 4.69) is 15.5 Å². The predicted molar refractivity (Wildman–Crippen MR) is 112 cm³/mol. The van der Waals surface area contributed by atoms with Crippen molar-refractivity contribution in [1.29, 1.82) is 0 Å². The Bertz CT molecular complexity index is 918. The molecule has 2 aromatic carbocycles. The highest BCUT2D eigenvalue weighted by molar-refractivity contribution is 5.92. The summed E-state index contributed by atoms with van der Waals surface area (Å²) in [6, 6.07) is 19.9. The molecule has 4 N–H and O–H groups in total. The summed E-state index contributed by atoms with van der Waals surface area (Å²) in [6.45, 7) is 1.40. The van der Waals surface area contributed by atoms with Crippen molar-refractivity contribution in [2.24, 2.45) is 5.73 Å². The van der Waals surface area contributed by atoms with Crippen molar-refractivity contribution in [2.75, 3.05) is 26.3 Å². The Labute approximate surface area is 174 Å². The molecule has 0 spiro atoms. The van der Waals surface area contributed by atoms with Crippen LogP contribution in [0.15, 0.2) is 66.7 Å². The largest absolute Gasteiger partial charge is 0.492 e. The van der Waals surface area contributed by atoms with Gasteiger partial charge in [-0.25, -0.2) is 0 Å². The number of amides is 1. The van der Waals surface area contributed by atoms with Crippen molar-refractivity contribution in [3.05, 3.63) is 72.3 Å². The Morgan fingerprint density at radius 3 is 2.43 bits per heavy atom. The van der Waals surface area contributed by atoms with Gasteiger partial charge in [-0.1, -0.05) is 30.3 Å². The van der Waals surface area contributed by atoms with Gasteiger partial charge in [0.2, 0.25) is 11.8 Å². The Kier molecular flexibility index (Phi) is 7.71. The number of nitrogens with zero attached hydrogens (tertiary/aromatic N) is 2. The Hall–Kier alpha value is -3.49. The van der Waals surface area contributed by atoms with Gasteiger partial charge in [0, 0.05) is 30.3 Å². The van der Waals surface area contributed by atoms with Gasteiger partial charge < -0.3 is 25.6 Å². The lowest BCUT2D eigenvalue weighted by Gasteiger charge is -2.13. The molecule has 1 atom stereocenters. The number of nitrogens with two attached hydrogens (primary N) is 1. The van der Waals surface area contributed by atoms with E-state index in [0.717, 1.165) is 11.3 Å². The molecule has 0 bridgehead atoms. The number of nitrogens with one attached hydrogen (secondary N) is 1. The second-order valence-corrected chi connectivity index (χ2v) is 6.53. The van der Waals surface area contributed by atoms with Crippen LogP contribution >= 0.6 is 0 Å².